The number of anilines is 1. The van der Waals surface area contributed by atoms with E-state index in [1.807, 2.05) is 61.5 Å². The van der Waals surface area contributed by atoms with E-state index in [0.717, 1.165) is 21.7 Å². The monoisotopic (exact) mass is 434 g/mol. The second kappa shape index (κ2) is 8.62. The van der Waals surface area contributed by atoms with Gasteiger partial charge in [0, 0.05) is 14.1 Å². The van der Waals surface area contributed by atoms with Crippen LogP contribution in [0.2, 0.25) is 0 Å². The number of aliphatic imine (C=N–C) groups is 1. The molecule has 0 saturated carbocycles. The van der Waals surface area contributed by atoms with Crippen molar-refractivity contribution < 1.29 is 23.7 Å². The summed E-state index contributed by atoms with van der Waals surface area (Å²) in [6.07, 6.45) is 0. The average Bonchev–Trinajstić information content (AvgIpc) is 3.13. The van der Waals surface area contributed by atoms with Crippen LogP contribution in [-0.2, 0) is 20.9 Å². The number of amides is 3. The molecule has 2 aromatic carbocycles. The average molecular weight is 434 g/mol. The van der Waals surface area contributed by atoms with Gasteiger partial charge in [0.2, 0.25) is 11.9 Å². The van der Waals surface area contributed by atoms with E-state index in [-0.39, 0.29) is 19.0 Å². The number of hydrogen-bond acceptors (Lipinski definition) is 6. The first-order chi connectivity index (χ1) is 15.3. The van der Waals surface area contributed by atoms with Crippen molar-refractivity contribution in [1.29, 1.82) is 0 Å². The highest BCUT2D eigenvalue weighted by Gasteiger charge is 2.52. The van der Waals surface area contributed by atoms with E-state index < -0.39 is 23.9 Å². The minimum atomic E-state index is -0.903. The molecule has 0 bridgehead atoms. The molecule has 0 aromatic heterocycles. The number of nitrogens with one attached hydrogen (secondary N) is 1. The van der Waals surface area contributed by atoms with E-state index in [2.05, 4.69) is 10.3 Å². The lowest BCUT2D eigenvalue weighted by molar-refractivity contribution is -0.526. The van der Waals surface area contributed by atoms with Crippen molar-refractivity contribution in [2.24, 2.45) is 4.99 Å². The van der Waals surface area contributed by atoms with Crippen molar-refractivity contribution in [3.05, 3.63) is 65.7 Å². The van der Waals surface area contributed by atoms with Gasteiger partial charge in [-0.3, -0.25) is 14.6 Å². The van der Waals surface area contributed by atoms with Gasteiger partial charge in [-0.15, -0.1) is 0 Å². The molecule has 2 aliphatic rings. The van der Waals surface area contributed by atoms with Gasteiger partial charge in [-0.2, -0.15) is 0 Å². The lowest BCUT2D eigenvalue weighted by atomic mass is 10.1. The highest BCUT2D eigenvalue weighted by Crippen LogP contribution is 2.20. The third-order valence-electron chi connectivity index (χ3n) is 5.35. The molecule has 1 atom stereocenters. The molecule has 2 aliphatic heterocycles. The quantitative estimate of drug-likeness (QED) is 0.572. The molecule has 3 amide bonds. The number of hydrogen-bond donors (Lipinski definition) is 1. The number of fused-ring (bicyclic) bond motifs is 1. The Labute approximate surface area is 185 Å². The summed E-state index contributed by atoms with van der Waals surface area (Å²) in [5.74, 6) is -0.396. The van der Waals surface area contributed by atoms with Gasteiger partial charge < -0.3 is 4.74 Å². The minimum absolute atomic E-state index is 0.124. The van der Waals surface area contributed by atoms with Crippen LogP contribution in [0.15, 0.2) is 59.6 Å². The molecule has 4 rings (SSSR count). The number of carbonyl (C=O) groups is 3. The SMILES string of the molecule is Cc1cccc(NC2=[N+](CC(=O)OCc3ccccc3)C3C(=O)N(C)C(=O)N(C)C3=N2)c1. The number of urea groups is 1. The van der Waals surface area contributed by atoms with Crippen LogP contribution in [-0.4, -0.2) is 70.8 Å². The Hall–Kier alpha value is -4.01. The molecule has 2 heterocycles. The highest BCUT2D eigenvalue weighted by atomic mass is 16.5. The fourth-order valence-corrected chi connectivity index (χ4v) is 3.64. The number of benzene rings is 2. The summed E-state index contributed by atoms with van der Waals surface area (Å²) >= 11 is 0. The Kier molecular flexibility index (Phi) is 5.72. The number of guanidine groups is 1. The molecule has 0 radical (unpaired) electrons. The molecule has 2 aromatic rings. The Bertz CT molecular complexity index is 1140. The lowest BCUT2D eigenvalue weighted by Crippen LogP contribution is -2.62. The number of esters is 1. The summed E-state index contributed by atoms with van der Waals surface area (Å²) in [5.41, 5.74) is 2.65. The zero-order valence-corrected chi connectivity index (χ0v) is 18.1. The molecule has 164 valence electrons. The molecule has 1 unspecified atom stereocenters. The zero-order valence-electron chi connectivity index (χ0n) is 18.1. The summed E-state index contributed by atoms with van der Waals surface area (Å²) < 4.78 is 6.95. The van der Waals surface area contributed by atoms with E-state index in [1.165, 1.54) is 16.5 Å². The first-order valence-electron chi connectivity index (χ1n) is 10.2. The van der Waals surface area contributed by atoms with Gasteiger partial charge in [0.15, 0.2) is 6.54 Å². The number of nitrogens with zero attached hydrogens (tertiary/aromatic N) is 4. The maximum atomic E-state index is 12.9. The smallest absolute Gasteiger partial charge is 0.395 e. The van der Waals surface area contributed by atoms with Crippen LogP contribution in [0.4, 0.5) is 10.5 Å². The normalized spacial score (nSPS) is 18.0. The standard InChI is InChI=1S/C23H23N5O4/c1-15-8-7-11-17(12-15)24-22-25-20-19(21(30)27(3)23(31)26(20)2)28(22)13-18(29)32-14-16-9-5-4-6-10-16/h4-12,19H,13-14H2,1-3H3/p+1. The largest absolute Gasteiger partial charge is 0.458 e. The van der Waals surface area contributed by atoms with E-state index in [4.69, 9.17) is 4.74 Å². The maximum Gasteiger partial charge on any atom is 0.395 e. The van der Waals surface area contributed by atoms with Gasteiger partial charge in [-0.25, -0.2) is 19.5 Å². The molecule has 9 nitrogen and oxygen atoms in total. The summed E-state index contributed by atoms with van der Waals surface area (Å²) in [6.45, 7) is 1.87. The van der Waals surface area contributed by atoms with Crippen molar-refractivity contribution in [2.45, 2.75) is 19.6 Å². The molecule has 0 aliphatic carbocycles. The number of aryl methyl sites for hydroxylation is 1. The molecule has 9 heteroatoms. The molecule has 0 spiro atoms. The van der Waals surface area contributed by atoms with Crippen LogP contribution in [0.1, 0.15) is 11.1 Å². The second-order valence-electron chi connectivity index (χ2n) is 7.70. The topological polar surface area (TPSA) is 94.3 Å². The number of rotatable bonds is 5. The summed E-state index contributed by atoms with van der Waals surface area (Å²) in [7, 11) is 2.97. The molecular formula is C23H24N5O4+. The van der Waals surface area contributed by atoms with Crippen molar-refractivity contribution >= 4 is 35.4 Å². The second-order valence-corrected chi connectivity index (χ2v) is 7.70. The summed E-state index contributed by atoms with van der Waals surface area (Å²) in [4.78, 5) is 44.9. The Morgan fingerprint density at radius 3 is 2.56 bits per heavy atom. The Morgan fingerprint density at radius 2 is 1.84 bits per heavy atom. The van der Waals surface area contributed by atoms with Crippen LogP contribution >= 0.6 is 0 Å². The van der Waals surface area contributed by atoms with Crippen molar-refractivity contribution in [2.75, 3.05) is 26.0 Å². The van der Waals surface area contributed by atoms with Crippen LogP contribution < -0.4 is 5.32 Å². The molecule has 1 N–H and O–H groups in total. The Balaban J connectivity index is 1.62. The van der Waals surface area contributed by atoms with Crippen LogP contribution in [0.3, 0.4) is 0 Å². The number of imide groups is 1. The third kappa shape index (κ3) is 4.09. The van der Waals surface area contributed by atoms with E-state index >= 15 is 0 Å². The summed E-state index contributed by atoms with van der Waals surface area (Å²) in [5, 5.41) is 3.18. The van der Waals surface area contributed by atoms with Crippen molar-refractivity contribution in [3.63, 3.8) is 0 Å². The third-order valence-corrected chi connectivity index (χ3v) is 5.35. The zero-order chi connectivity index (χ0) is 22.8. The van der Waals surface area contributed by atoms with Gasteiger partial charge in [0.1, 0.15) is 6.61 Å². The predicted molar refractivity (Wildman–Crippen MR) is 118 cm³/mol. The molecule has 1 fully saturated rings. The molecular weight excluding hydrogens is 410 g/mol. The number of carbonyl (C=O) groups excluding carboxylic acids is 3. The highest BCUT2D eigenvalue weighted by molar-refractivity contribution is 6.23. The maximum absolute atomic E-state index is 12.9. The lowest BCUT2D eigenvalue weighted by Gasteiger charge is -2.31. The van der Waals surface area contributed by atoms with Gasteiger partial charge >= 0.3 is 18.0 Å². The van der Waals surface area contributed by atoms with Crippen molar-refractivity contribution in [1.82, 2.24) is 9.80 Å². The van der Waals surface area contributed by atoms with Crippen LogP contribution in [0.25, 0.3) is 0 Å². The molecule has 1 saturated heterocycles. The number of likely N-dealkylation sites (N-methyl/N-ethyl adjacent to an activating group) is 2. The number of ether oxygens (including phenoxy) is 1. The fraction of sp³-hybridized carbons (Fsp3) is 0.261. The number of amidine groups is 1. The first-order valence-corrected chi connectivity index (χ1v) is 10.2. The van der Waals surface area contributed by atoms with Gasteiger partial charge in [-0.05, 0) is 30.2 Å². The Morgan fingerprint density at radius 1 is 1.09 bits per heavy atom. The predicted octanol–water partition coefficient (Wildman–Crippen LogP) is 1.82. The van der Waals surface area contributed by atoms with Crippen LogP contribution in [0.5, 0.6) is 0 Å². The van der Waals surface area contributed by atoms with Gasteiger partial charge in [0.05, 0.1) is 5.69 Å². The molecule has 32 heavy (non-hydrogen) atoms. The first kappa shape index (κ1) is 21.2. The summed E-state index contributed by atoms with van der Waals surface area (Å²) in [6, 6.07) is 15.6. The fourth-order valence-electron chi connectivity index (χ4n) is 3.64. The van der Waals surface area contributed by atoms with E-state index in [1.54, 1.807) is 7.05 Å². The van der Waals surface area contributed by atoms with Crippen molar-refractivity contribution in [3.8, 4) is 0 Å². The van der Waals surface area contributed by atoms with Crippen LogP contribution in [0, 0.1) is 6.92 Å². The van der Waals surface area contributed by atoms with Gasteiger partial charge in [0.25, 0.3) is 5.91 Å². The minimum Gasteiger partial charge on any atom is -0.458 e. The van der Waals surface area contributed by atoms with E-state index in [9.17, 15) is 14.4 Å². The van der Waals surface area contributed by atoms with Gasteiger partial charge in [-0.1, -0.05) is 47.5 Å². The van der Waals surface area contributed by atoms with E-state index in [0.29, 0.717) is 5.96 Å².